The van der Waals surface area contributed by atoms with Crippen LogP contribution in [-0.2, 0) is 0 Å². The van der Waals surface area contributed by atoms with Gasteiger partial charge in [-0.3, -0.25) is 0 Å². The van der Waals surface area contributed by atoms with Gasteiger partial charge in [0.15, 0.2) is 5.76 Å². The van der Waals surface area contributed by atoms with Crippen LogP contribution in [-0.4, -0.2) is 4.98 Å². The van der Waals surface area contributed by atoms with Gasteiger partial charge in [-0.2, -0.15) is 0 Å². The van der Waals surface area contributed by atoms with E-state index in [9.17, 15) is 0 Å². The van der Waals surface area contributed by atoms with Gasteiger partial charge in [0.1, 0.15) is 0 Å². The maximum Gasteiger partial charge on any atom is 0.274 e. The Labute approximate surface area is 109 Å². The zero-order chi connectivity index (χ0) is 12.2. The highest BCUT2D eigenvalue weighted by Gasteiger charge is 2.03. The molecule has 1 aromatic carbocycles. The molecule has 0 fully saturated rings. The molecule has 18 heavy (non-hydrogen) atoms. The Morgan fingerprint density at radius 1 is 1.00 bits per heavy atom. The van der Waals surface area contributed by atoms with Crippen molar-refractivity contribution in [1.29, 1.82) is 0 Å². The lowest BCUT2D eigenvalue weighted by molar-refractivity contribution is 0.557. The Bertz CT molecular complexity index is 687. The quantitative estimate of drug-likeness (QED) is 0.615. The summed E-state index contributed by atoms with van der Waals surface area (Å²) in [6.45, 7) is 0. The fraction of sp³-hybridized carbons (Fsp3) is 0. The summed E-state index contributed by atoms with van der Waals surface area (Å²) in [7, 11) is 0. The average Bonchev–Trinajstić information content (AvgIpc) is 3.09. The Morgan fingerprint density at radius 2 is 1.89 bits per heavy atom. The number of hydrogen-bond acceptors (Lipinski definition) is 3. The van der Waals surface area contributed by atoms with Crippen molar-refractivity contribution in [3.05, 3.63) is 64.8 Å². The molecule has 0 aliphatic rings. The zero-order valence-electron chi connectivity index (χ0n) is 9.46. The van der Waals surface area contributed by atoms with Crippen molar-refractivity contribution < 1.29 is 4.42 Å². The van der Waals surface area contributed by atoms with Crippen LogP contribution in [0.5, 0.6) is 0 Å². The Hall–Kier alpha value is -2.31. The second kappa shape index (κ2) is 4.91. The number of aromatic nitrogens is 1. The van der Waals surface area contributed by atoms with E-state index >= 15 is 0 Å². The number of oxazole rings is 1. The van der Waals surface area contributed by atoms with Crippen LogP contribution in [0.2, 0.25) is 0 Å². The van der Waals surface area contributed by atoms with Gasteiger partial charge in [0.05, 0.1) is 11.1 Å². The smallest absolute Gasteiger partial charge is 0.274 e. The summed E-state index contributed by atoms with van der Waals surface area (Å²) in [5.41, 5.74) is 1.01. The second-order valence-electron chi connectivity index (χ2n) is 3.62. The molecule has 2 heterocycles. The molecule has 3 rings (SSSR count). The van der Waals surface area contributed by atoms with Crippen LogP contribution in [0.4, 0.5) is 0 Å². The largest absolute Gasteiger partial charge is 0.430 e. The monoisotopic (exact) mass is 251 g/mol. The molecule has 0 bridgehead atoms. The van der Waals surface area contributed by atoms with E-state index in [1.165, 1.54) is 0 Å². The fourth-order valence-corrected chi connectivity index (χ4v) is 2.10. The minimum absolute atomic E-state index is 0.447. The molecule has 0 N–H and O–H groups in total. The van der Waals surface area contributed by atoms with E-state index in [0.717, 1.165) is 16.2 Å². The molecule has 3 heteroatoms. The summed E-state index contributed by atoms with van der Waals surface area (Å²) < 4.78 is 5.59. The molecule has 0 aliphatic heterocycles. The van der Waals surface area contributed by atoms with Gasteiger partial charge < -0.3 is 4.42 Å². The summed E-state index contributed by atoms with van der Waals surface area (Å²) in [4.78, 5) is 5.17. The van der Waals surface area contributed by atoms with Crippen molar-refractivity contribution >= 4 is 11.3 Å². The minimum Gasteiger partial charge on any atom is -0.430 e. The van der Waals surface area contributed by atoms with E-state index in [-0.39, 0.29) is 0 Å². The first-order chi connectivity index (χ1) is 8.92. The van der Waals surface area contributed by atoms with Crippen molar-refractivity contribution in [2.45, 2.75) is 0 Å². The Balaban J connectivity index is 1.86. The number of rotatable bonds is 1. The lowest BCUT2D eigenvalue weighted by Crippen LogP contribution is -1.71. The van der Waals surface area contributed by atoms with Gasteiger partial charge in [-0.25, -0.2) is 4.98 Å². The summed E-state index contributed by atoms with van der Waals surface area (Å²) in [6, 6.07) is 13.8. The highest BCUT2D eigenvalue weighted by molar-refractivity contribution is 7.10. The Kier molecular flexibility index (Phi) is 2.95. The zero-order valence-corrected chi connectivity index (χ0v) is 10.3. The molecule has 2 aromatic heterocycles. The lowest BCUT2D eigenvalue weighted by Gasteiger charge is -1.92. The van der Waals surface area contributed by atoms with Gasteiger partial charge in [-0.15, -0.1) is 11.3 Å². The fourth-order valence-electron chi connectivity index (χ4n) is 1.53. The third-order valence-corrected chi connectivity index (χ3v) is 3.16. The van der Waals surface area contributed by atoms with Crippen molar-refractivity contribution in [3.8, 4) is 23.2 Å². The Morgan fingerprint density at radius 3 is 2.67 bits per heavy atom. The van der Waals surface area contributed by atoms with Crippen LogP contribution in [0.15, 0.2) is 58.5 Å². The molecule has 86 valence electrons. The van der Waals surface area contributed by atoms with Crippen LogP contribution in [0.3, 0.4) is 0 Å². The maximum absolute atomic E-state index is 5.59. The first-order valence-electron chi connectivity index (χ1n) is 5.48. The van der Waals surface area contributed by atoms with Gasteiger partial charge in [0, 0.05) is 5.56 Å². The molecule has 0 amide bonds. The molecule has 0 saturated heterocycles. The standard InChI is InChI=1S/C15H9NOS/c1-2-5-12(6-3-1)14-11-16-15(17-14)9-8-13-7-4-10-18-13/h1-7,10-11H. The van der Waals surface area contributed by atoms with E-state index < -0.39 is 0 Å². The normalized spacial score (nSPS) is 9.78. The molecule has 2 nitrogen and oxygen atoms in total. The SMILES string of the molecule is C(#Cc1cccs1)c1ncc(-c2ccccc2)o1. The number of benzene rings is 1. The van der Waals surface area contributed by atoms with Gasteiger partial charge in [-0.05, 0) is 23.3 Å². The number of nitrogens with zero attached hydrogens (tertiary/aromatic N) is 1. The molecule has 0 saturated carbocycles. The van der Waals surface area contributed by atoms with Crippen LogP contribution in [0.1, 0.15) is 10.8 Å². The van der Waals surface area contributed by atoms with Gasteiger partial charge >= 0.3 is 0 Å². The van der Waals surface area contributed by atoms with Gasteiger partial charge in [-0.1, -0.05) is 36.4 Å². The summed E-state index contributed by atoms with van der Waals surface area (Å²) in [5, 5.41) is 2.00. The van der Waals surface area contributed by atoms with Gasteiger partial charge in [0.2, 0.25) is 0 Å². The molecule has 3 aromatic rings. The predicted octanol–water partition coefficient (Wildman–Crippen LogP) is 3.80. The van der Waals surface area contributed by atoms with Gasteiger partial charge in [0.25, 0.3) is 5.89 Å². The van der Waals surface area contributed by atoms with E-state index in [4.69, 9.17) is 4.42 Å². The lowest BCUT2D eigenvalue weighted by atomic mass is 10.2. The summed E-state index contributed by atoms with van der Waals surface area (Å²) >= 11 is 1.60. The third-order valence-electron chi connectivity index (χ3n) is 2.38. The van der Waals surface area contributed by atoms with Crippen LogP contribution >= 0.6 is 11.3 Å². The van der Waals surface area contributed by atoms with Crippen molar-refractivity contribution in [2.75, 3.05) is 0 Å². The van der Waals surface area contributed by atoms with E-state index in [1.54, 1.807) is 17.5 Å². The molecular weight excluding hydrogens is 242 g/mol. The maximum atomic E-state index is 5.59. The second-order valence-corrected chi connectivity index (χ2v) is 4.57. The highest BCUT2D eigenvalue weighted by Crippen LogP contribution is 2.19. The van der Waals surface area contributed by atoms with E-state index in [2.05, 4.69) is 16.8 Å². The first-order valence-corrected chi connectivity index (χ1v) is 6.36. The average molecular weight is 251 g/mol. The molecule has 0 atom stereocenters. The molecule has 0 unspecified atom stereocenters. The minimum atomic E-state index is 0.447. The molecule has 0 aliphatic carbocycles. The van der Waals surface area contributed by atoms with Crippen molar-refractivity contribution in [2.24, 2.45) is 0 Å². The summed E-state index contributed by atoms with van der Waals surface area (Å²) in [5.74, 6) is 7.13. The van der Waals surface area contributed by atoms with Crippen molar-refractivity contribution in [1.82, 2.24) is 4.98 Å². The molecular formula is C15H9NOS. The highest BCUT2D eigenvalue weighted by atomic mass is 32.1. The first kappa shape index (κ1) is 10.8. The van der Waals surface area contributed by atoms with Crippen LogP contribution in [0, 0.1) is 11.8 Å². The number of thiophene rings is 1. The number of hydrogen-bond donors (Lipinski definition) is 0. The van der Waals surface area contributed by atoms with E-state index in [0.29, 0.717) is 5.89 Å². The predicted molar refractivity (Wildman–Crippen MR) is 72.2 cm³/mol. The van der Waals surface area contributed by atoms with Crippen LogP contribution < -0.4 is 0 Å². The summed E-state index contributed by atoms with van der Waals surface area (Å²) in [6.07, 6.45) is 1.70. The van der Waals surface area contributed by atoms with E-state index in [1.807, 2.05) is 47.8 Å². The third kappa shape index (κ3) is 2.34. The van der Waals surface area contributed by atoms with Crippen molar-refractivity contribution in [3.63, 3.8) is 0 Å². The van der Waals surface area contributed by atoms with Crippen LogP contribution in [0.25, 0.3) is 11.3 Å². The molecule has 0 spiro atoms. The molecule has 0 radical (unpaired) electrons. The topological polar surface area (TPSA) is 26.0 Å².